The van der Waals surface area contributed by atoms with Crippen LogP contribution in [0.25, 0.3) is 11.3 Å². The highest BCUT2D eigenvalue weighted by Crippen LogP contribution is 2.26. The van der Waals surface area contributed by atoms with Crippen molar-refractivity contribution in [1.82, 2.24) is 10.5 Å². The molecule has 0 aliphatic rings. The fourth-order valence-corrected chi connectivity index (χ4v) is 2.90. The zero-order valence-corrected chi connectivity index (χ0v) is 15.6. The maximum Gasteiger partial charge on any atom is 0.287 e. The first-order valence-electron chi connectivity index (χ1n) is 8.81. The maximum absolute atomic E-state index is 12.9. The number of aryl methyl sites for hydroxylation is 1. The summed E-state index contributed by atoms with van der Waals surface area (Å²) in [4.78, 5) is 36.7. The molecule has 0 aliphatic heterocycles. The van der Waals surface area contributed by atoms with Crippen molar-refractivity contribution in [3.8, 4) is 17.1 Å². The predicted octanol–water partition coefficient (Wildman–Crippen LogP) is 1.75. The van der Waals surface area contributed by atoms with Gasteiger partial charge in [-0.05, 0) is 24.6 Å². The van der Waals surface area contributed by atoms with Gasteiger partial charge in [0.25, 0.3) is 11.8 Å². The van der Waals surface area contributed by atoms with Crippen LogP contribution in [-0.2, 0) is 16.0 Å². The molecule has 29 heavy (non-hydrogen) atoms. The van der Waals surface area contributed by atoms with E-state index in [9.17, 15) is 19.5 Å². The number of aromatic hydroxyl groups is 1. The Kier molecular flexibility index (Phi) is 5.73. The van der Waals surface area contributed by atoms with Gasteiger partial charge in [-0.3, -0.25) is 14.4 Å². The van der Waals surface area contributed by atoms with Crippen LogP contribution in [0.4, 0.5) is 0 Å². The summed E-state index contributed by atoms with van der Waals surface area (Å²) in [5.41, 5.74) is 6.94. The molecule has 0 saturated heterocycles. The minimum atomic E-state index is -1.18. The van der Waals surface area contributed by atoms with Gasteiger partial charge in [0.1, 0.15) is 17.4 Å². The molecule has 0 bridgehead atoms. The summed E-state index contributed by atoms with van der Waals surface area (Å²) in [6.07, 6.45) is 0.0266. The van der Waals surface area contributed by atoms with E-state index in [0.29, 0.717) is 16.8 Å². The van der Waals surface area contributed by atoms with Gasteiger partial charge < -0.3 is 20.7 Å². The van der Waals surface area contributed by atoms with Crippen molar-refractivity contribution in [3.05, 3.63) is 71.4 Å². The van der Waals surface area contributed by atoms with E-state index in [0.717, 1.165) is 0 Å². The molecule has 3 aromatic rings. The quantitative estimate of drug-likeness (QED) is 0.523. The number of nitrogens with two attached hydrogens (primary N) is 1. The number of aromatic nitrogens is 1. The summed E-state index contributed by atoms with van der Waals surface area (Å²) < 4.78 is 5.31. The molecule has 8 heteroatoms. The number of nitrogens with one attached hydrogen (secondary N) is 1. The van der Waals surface area contributed by atoms with E-state index in [4.69, 9.17) is 10.3 Å². The zero-order chi connectivity index (χ0) is 21.0. The van der Waals surface area contributed by atoms with Gasteiger partial charge in [0.05, 0.1) is 5.69 Å². The zero-order valence-electron chi connectivity index (χ0n) is 15.6. The van der Waals surface area contributed by atoms with Gasteiger partial charge in [-0.15, -0.1) is 0 Å². The number of rotatable bonds is 7. The molecule has 1 aromatic heterocycles. The molecule has 0 fully saturated rings. The second kappa shape index (κ2) is 8.39. The molecule has 8 nitrogen and oxygen atoms in total. The number of primary amides is 1. The molecule has 1 heterocycles. The Balaban J connectivity index is 1.89. The molecule has 2 amide bonds. The number of nitrogens with zero attached hydrogens (tertiary/aromatic N) is 1. The lowest BCUT2D eigenvalue weighted by molar-refractivity contribution is -0.137. The molecule has 0 aliphatic carbocycles. The summed E-state index contributed by atoms with van der Waals surface area (Å²) in [6, 6.07) is 13.8. The number of Topliss-reactive ketones (excluding diaryl/α,β-unsaturated/α-hetero) is 1. The molecule has 0 spiro atoms. The Hall–Kier alpha value is -3.94. The Labute approximate surface area is 166 Å². The Bertz CT molecular complexity index is 1040. The molecular weight excluding hydrogens is 374 g/mol. The SMILES string of the molecule is Cc1noc(-c2ccccc2)c1C(=O)NC(Cc1ccc(O)cc1)C(=O)C(N)=O. The van der Waals surface area contributed by atoms with Crippen molar-refractivity contribution in [2.75, 3.05) is 0 Å². The number of carbonyl (C=O) groups is 3. The predicted molar refractivity (Wildman–Crippen MR) is 104 cm³/mol. The first-order chi connectivity index (χ1) is 13.9. The highest BCUT2D eigenvalue weighted by Gasteiger charge is 2.29. The van der Waals surface area contributed by atoms with E-state index >= 15 is 0 Å². The van der Waals surface area contributed by atoms with Crippen LogP contribution < -0.4 is 11.1 Å². The van der Waals surface area contributed by atoms with E-state index < -0.39 is 23.6 Å². The molecule has 4 N–H and O–H groups in total. The van der Waals surface area contributed by atoms with Gasteiger partial charge >= 0.3 is 0 Å². The lowest BCUT2D eigenvalue weighted by Crippen LogP contribution is -2.47. The van der Waals surface area contributed by atoms with E-state index in [-0.39, 0.29) is 23.5 Å². The first kappa shape index (κ1) is 19.8. The molecule has 0 radical (unpaired) electrons. The molecule has 0 saturated carbocycles. The Morgan fingerprint density at radius 3 is 2.38 bits per heavy atom. The highest BCUT2D eigenvalue weighted by atomic mass is 16.5. The van der Waals surface area contributed by atoms with Gasteiger partial charge in [-0.1, -0.05) is 47.6 Å². The molecule has 2 aromatic carbocycles. The largest absolute Gasteiger partial charge is 0.508 e. The average Bonchev–Trinajstić information content (AvgIpc) is 3.10. The lowest BCUT2D eigenvalue weighted by atomic mass is 10.0. The summed E-state index contributed by atoms with van der Waals surface area (Å²) in [6.45, 7) is 1.61. The van der Waals surface area contributed by atoms with Crippen molar-refractivity contribution in [2.45, 2.75) is 19.4 Å². The number of carbonyl (C=O) groups excluding carboxylic acids is 3. The lowest BCUT2D eigenvalue weighted by Gasteiger charge is -2.16. The van der Waals surface area contributed by atoms with Crippen molar-refractivity contribution in [2.24, 2.45) is 5.73 Å². The van der Waals surface area contributed by atoms with Gasteiger partial charge in [-0.25, -0.2) is 0 Å². The monoisotopic (exact) mass is 393 g/mol. The van der Waals surface area contributed by atoms with E-state index in [1.807, 2.05) is 6.07 Å². The fraction of sp³-hybridized carbons (Fsp3) is 0.143. The molecule has 3 rings (SSSR count). The second-order valence-corrected chi connectivity index (χ2v) is 6.46. The van der Waals surface area contributed by atoms with Crippen LogP contribution in [-0.4, -0.2) is 33.9 Å². The van der Waals surface area contributed by atoms with Crippen molar-refractivity contribution in [3.63, 3.8) is 0 Å². The van der Waals surface area contributed by atoms with Crippen LogP contribution in [0.15, 0.2) is 59.1 Å². The standard InChI is InChI=1S/C21H19N3O5/c1-12-17(19(29-24-12)14-5-3-2-4-6-14)21(28)23-16(18(26)20(22)27)11-13-7-9-15(25)10-8-13/h2-10,16,25H,11H2,1H3,(H2,22,27)(H,23,28). The van der Waals surface area contributed by atoms with Gasteiger partial charge in [0.15, 0.2) is 5.76 Å². The van der Waals surface area contributed by atoms with Crippen molar-refractivity contribution in [1.29, 1.82) is 0 Å². The number of benzene rings is 2. The van der Waals surface area contributed by atoms with E-state index in [1.165, 1.54) is 12.1 Å². The minimum Gasteiger partial charge on any atom is -0.508 e. The van der Waals surface area contributed by atoms with Crippen molar-refractivity contribution >= 4 is 17.6 Å². The van der Waals surface area contributed by atoms with Gasteiger partial charge in [0, 0.05) is 12.0 Å². The molecule has 1 atom stereocenters. The molecular formula is C21H19N3O5. The third-order valence-electron chi connectivity index (χ3n) is 4.37. The summed E-state index contributed by atoms with van der Waals surface area (Å²) >= 11 is 0. The second-order valence-electron chi connectivity index (χ2n) is 6.46. The number of hydrogen-bond donors (Lipinski definition) is 3. The number of ketones is 1. The minimum absolute atomic E-state index is 0.0266. The van der Waals surface area contributed by atoms with Crippen LogP contribution in [0.2, 0.25) is 0 Å². The highest BCUT2D eigenvalue weighted by molar-refractivity contribution is 6.38. The third kappa shape index (κ3) is 4.49. The average molecular weight is 393 g/mol. The van der Waals surface area contributed by atoms with E-state index in [2.05, 4.69) is 10.5 Å². The third-order valence-corrected chi connectivity index (χ3v) is 4.37. The summed E-state index contributed by atoms with van der Waals surface area (Å²) in [5.74, 6) is -2.37. The van der Waals surface area contributed by atoms with Gasteiger partial charge in [0.2, 0.25) is 5.78 Å². The fourth-order valence-electron chi connectivity index (χ4n) is 2.90. The van der Waals surface area contributed by atoms with E-state index in [1.54, 1.807) is 43.3 Å². The smallest absolute Gasteiger partial charge is 0.287 e. The summed E-state index contributed by atoms with van der Waals surface area (Å²) in [5, 5.41) is 15.8. The Morgan fingerprint density at radius 1 is 1.10 bits per heavy atom. The van der Waals surface area contributed by atoms with Crippen LogP contribution in [0.5, 0.6) is 5.75 Å². The van der Waals surface area contributed by atoms with Crippen LogP contribution in [0.1, 0.15) is 21.6 Å². The normalized spacial score (nSPS) is 11.6. The molecule has 1 unspecified atom stereocenters. The summed E-state index contributed by atoms with van der Waals surface area (Å²) in [7, 11) is 0. The Morgan fingerprint density at radius 2 is 1.76 bits per heavy atom. The van der Waals surface area contributed by atoms with Crippen LogP contribution in [0.3, 0.4) is 0 Å². The topological polar surface area (TPSA) is 136 Å². The number of phenols is 1. The van der Waals surface area contributed by atoms with Gasteiger partial charge in [-0.2, -0.15) is 0 Å². The van der Waals surface area contributed by atoms with Crippen molar-refractivity contribution < 1.29 is 24.0 Å². The van der Waals surface area contributed by atoms with Crippen LogP contribution in [0, 0.1) is 6.92 Å². The number of amides is 2. The maximum atomic E-state index is 12.9. The molecule has 148 valence electrons. The first-order valence-corrected chi connectivity index (χ1v) is 8.81. The number of phenolic OH excluding ortho intramolecular Hbond substituents is 1. The number of hydrogen-bond acceptors (Lipinski definition) is 6. The van der Waals surface area contributed by atoms with Crippen LogP contribution >= 0.6 is 0 Å².